The van der Waals surface area contributed by atoms with Crippen molar-refractivity contribution in [3.8, 4) is 5.75 Å². The Bertz CT molecular complexity index is 1050. The number of aromatic nitrogens is 2. The number of pyridine rings is 1. The van der Waals surface area contributed by atoms with Crippen molar-refractivity contribution in [1.82, 2.24) is 14.3 Å². The van der Waals surface area contributed by atoms with E-state index in [0.29, 0.717) is 10.2 Å². The van der Waals surface area contributed by atoms with Crippen LogP contribution in [0.25, 0.3) is 10.2 Å². The molecule has 1 amide bonds. The van der Waals surface area contributed by atoms with Crippen LogP contribution in [0.4, 0.5) is 4.79 Å². The predicted octanol–water partition coefficient (Wildman–Crippen LogP) is 3.71. The second-order valence-corrected chi connectivity index (χ2v) is 7.29. The van der Waals surface area contributed by atoms with Gasteiger partial charge in [0.25, 0.3) is 5.56 Å². The molecule has 1 unspecified atom stereocenters. The summed E-state index contributed by atoms with van der Waals surface area (Å²) in [5.41, 5.74) is 3.26. The third-order valence-electron chi connectivity index (χ3n) is 4.33. The smallest absolute Gasteiger partial charge is 0.338 e. The van der Waals surface area contributed by atoms with E-state index in [4.69, 9.17) is 4.74 Å². The molecule has 0 radical (unpaired) electrons. The Labute approximate surface area is 155 Å². The Hall–Kier alpha value is -2.67. The zero-order valence-electron chi connectivity index (χ0n) is 15.4. The summed E-state index contributed by atoms with van der Waals surface area (Å²) in [4.78, 5) is 30.2. The van der Waals surface area contributed by atoms with Crippen LogP contribution in [0.2, 0.25) is 0 Å². The van der Waals surface area contributed by atoms with Gasteiger partial charge in [0, 0.05) is 5.69 Å². The maximum absolute atomic E-state index is 12.6. The highest BCUT2D eigenvalue weighted by Crippen LogP contribution is 2.23. The van der Waals surface area contributed by atoms with Crippen LogP contribution < -0.4 is 15.6 Å². The molecule has 2 heterocycles. The number of benzene rings is 1. The number of carbonyl (C=O) groups excluding carboxylic acids is 1. The van der Waals surface area contributed by atoms with Crippen molar-refractivity contribution in [1.29, 1.82) is 0 Å². The molecular weight excluding hydrogens is 350 g/mol. The van der Waals surface area contributed by atoms with E-state index < -0.39 is 6.03 Å². The highest BCUT2D eigenvalue weighted by atomic mass is 32.1. The average molecular weight is 371 g/mol. The number of amides is 1. The Kier molecular flexibility index (Phi) is 4.82. The van der Waals surface area contributed by atoms with E-state index in [1.165, 1.54) is 0 Å². The average Bonchev–Trinajstić information content (AvgIpc) is 2.91. The fraction of sp³-hybridized carbons (Fsp3) is 0.316. The van der Waals surface area contributed by atoms with Crippen LogP contribution >= 0.6 is 11.5 Å². The van der Waals surface area contributed by atoms with E-state index in [0.717, 1.165) is 43.6 Å². The van der Waals surface area contributed by atoms with Crippen LogP contribution in [-0.2, 0) is 0 Å². The maximum atomic E-state index is 12.6. The molecule has 136 valence electrons. The molecule has 0 aliphatic rings. The summed E-state index contributed by atoms with van der Waals surface area (Å²) in [6.07, 6.45) is 0. The van der Waals surface area contributed by atoms with Crippen LogP contribution in [0.5, 0.6) is 5.75 Å². The minimum atomic E-state index is -0.448. The molecule has 0 fully saturated rings. The lowest BCUT2D eigenvalue weighted by molar-refractivity contribution is 0.241. The van der Waals surface area contributed by atoms with Gasteiger partial charge >= 0.3 is 6.03 Å². The molecule has 0 bridgehead atoms. The normalized spacial score (nSPS) is 12.2. The van der Waals surface area contributed by atoms with Crippen molar-refractivity contribution >= 4 is 27.8 Å². The first-order valence-corrected chi connectivity index (χ1v) is 9.05. The Morgan fingerprint density at radius 2 is 1.96 bits per heavy atom. The Morgan fingerprint density at radius 3 is 2.62 bits per heavy atom. The summed E-state index contributed by atoms with van der Waals surface area (Å²) in [5.74, 6) is 0.796. The molecule has 3 aromatic rings. The molecule has 0 saturated carbocycles. The maximum Gasteiger partial charge on any atom is 0.338 e. The number of nitrogens with zero attached hydrogens (tertiary/aromatic N) is 2. The lowest BCUT2D eigenvalue weighted by Crippen LogP contribution is -2.34. The standard InChI is InChI=1S/C19H21N3O3S/c1-10-9-14(6-7-15(10)25-5)13(4)21-19(24)22-18(23)16-11(2)8-12(3)20-17(16)26-22/h6-9,13H,1-5H3,(H,21,24). The summed E-state index contributed by atoms with van der Waals surface area (Å²) in [6, 6.07) is 6.89. The molecule has 0 aliphatic heterocycles. The SMILES string of the molecule is COc1ccc(C(C)NC(=O)n2sc3nc(C)cc(C)c3c2=O)cc1C. The van der Waals surface area contributed by atoms with Gasteiger partial charge < -0.3 is 10.1 Å². The monoisotopic (exact) mass is 371 g/mol. The van der Waals surface area contributed by atoms with Gasteiger partial charge in [-0.15, -0.1) is 0 Å². The zero-order valence-corrected chi connectivity index (χ0v) is 16.2. The topological polar surface area (TPSA) is 73.2 Å². The Balaban J connectivity index is 1.89. The molecule has 0 spiro atoms. The van der Waals surface area contributed by atoms with Gasteiger partial charge in [-0.05, 0) is 68.1 Å². The highest BCUT2D eigenvalue weighted by molar-refractivity contribution is 7.14. The first kappa shape index (κ1) is 18.1. The van der Waals surface area contributed by atoms with Crippen molar-refractivity contribution in [3.63, 3.8) is 0 Å². The fourth-order valence-corrected chi connectivity index (χ4v) is 4.00. The van der Waals surface area contributed by atoms with Crippen LogP contribution in [0, 0.1) is 20.8 Å². The molecule has 1 aromatic carbocycles. The van der Waals surface area contributed by atoms with Crippen molar-refractivity contribution in [2.75, 3.05) is 7.11 Å². The van der Waals surface area contributed by atoms with Crippen LogP contribution in [0.1, 0.15) is 35.3 Å². The fourth-order valence-electron chi connectivity index (χ4n) is 2.99. The molecule has 26 heavy (non-hydrogen) atoms. The highest BCUT2D eigenvalue weighted by Gasteiger charge is 2.19. The Morgan fingerprint density at radius 1 is 1.23 bits per heavy atom. The van der Waals surface area contributed by atoms with Crippen LogP contribution in [0.15, 0.2) is 29.1 Å². The van der Waals surface area contributed by atoms with E-state index in [2.05, 4.69) is 10.3 Å². The van der Waals surface area contributed by atoms with Gasteiger partial charge in [0.05, 0.1) is 18.5 Å². The largest absolute Gasteiger partial charge is 0.496 e. The minimum absolute atomic E-state index is 0.250. The van der Waals surface area contributed by atoms with E-state index in [1.54, 1.807) is 7.11 Å². The van der Waals surface area contributed by atoms with Crippen molar-refractivity contribution in [2.24, 2.45) is 0 Å². The lowest BCUT2D eigenvalue weighted by atomic mass is 10.1. The molecular formula is C19H21N3O3S. The molecule has 1 N–H and O–H groups in total. The summed E-state index contributed by atoms with van der Waals surface area (Å²) >= 11 is 1.07. The van der Waals surface area contributed by atoms with Gasteiger partial charge in [-0.3, -0.25) is 4.79 Å². The third-order valence-corrected chi connectivity index (χ3v) is 5.31. The number of fused-ring (bicyclic) bond motifs is 1. The second kappa shape index (κ2) is 6.92. The van der Waals surface area contributed by atoms with E-state index in [1.807, 2.05) is 52.0 Å². The first-order valence-electron chi connectivity index (χ1n) is 8.27. The summed E-state index contributed by atoms with van der Waals surface area (Å²) in [7, 11) is 1.62. The van der Waals surface area contributed by atoms with Gasteiger partial charge in [-0.25, -0.2) is 9.78 Å². The molecule has 3 rings (SSSR count). The van der Waals surface area contributed by atoms with E-state index in [-0.39, 0.29) is 11.6 Å². The van der Waals surface area contributed by atoms with Gasteiger partial charge in [-0.2, -0.15) is 3.96 Å². The van der Waals surface area contributed by atoms with E-state index in [9.17, 15) is 9.59 Å². The lowest BCUT2D eigenvalue weighted by Gasteiger charge is -2.15. The summed E-state index contributed by atoms with van der Waals surface area (Å²) < 4.78 is 6.40. The number of hydrogen-bond donors (Lipinski definition) is 1. The number of rotatable bonds is 3. The van der Waals surface area contributed by atoms with Crippen molar-refractivity contribution in [2.45, 2.75) is 33.7 Å². The molecule has 0 aliphatic carbocycles. The predicted molar refractivity (Wildman–Crippen MR) is 103 cm³/mol. The zero-order chi connectivity index (χ0) is 19.0. The number of ether oxygens (including phenoxy) is 1. The number of aryl methyl sites for hydroxylation is 3. The number of carbonyl (C=O) groups is 1. The van der Waals surface area contributed by atoms with Gasteiger partial charge in [-0.1, -0.05) is 12.1 Å². The van der Waals surface area contributed by atoms with Gasteiger partial charge in [0.2, 0.25) is 0 Å². The summed E-state index contributed by atoms with van der Waals surface area (Å²) in [6.45, 7) is 7.56. The van der Waals surface area contributed by atoms with Gasteiger partial charge in [0.15, 0.2) is 0 Å². The number of hydrogen-bond acceptors (Lipinski definition) is 5. The molecule has 1 atom stereocenters. The number of methoxy groups -OCH3 is 1. The first-order chi connectivity index (χ1) is 12.3. The van der Waals surface area contributed by atoms with Gasteiger partial charge in [0.1, 0.15) is 10.6 Å². The van der Waals surface area contributed by atoms with Crippen molar-refractivity contribution in [3.05, 3.63) is 57.0 Å². The summed E-state index contributed by atoms with van der Waals surface area (Å²) in [5, 5.41) is 3.38. The third kappa shape index (κ3) is 3.22. The quantitative estimate of drug-likeness (QED) is 0.762. The molecule has 7 heteroatoms. The van der Waals surface area contributed by atoms with Crippen LogP contribution in [-0.4, -0.2) is 22.1 Å². The molecule has 0 saturated heterocycles. The molecule has 6 nitrogen and oxygen atoms in total. The minimum Gasteiger partial charge on any atom is -0.496 e. The van der Waals surface area contributed by atoms with Crippen molar-refractivity contribution < 1.29 is 9.53 Å². The van der Waals surface area contributed by atoms with Crippen LogP contribution in [0.3, 0.4) is 0 Å². The second-order valence-electron chi connectivity index (χ2n) is 6.35. The molecule has 2 aromatic heterocycles. The van der Waals surface area contributed by atoms with E-state index >= 15 is 0 Å². The number of nitrogens with one attached hydrogen (secondary N) is 1.